The van der Waals surface area contributed by atoms with E-state index < -0.39 is 5.82 Å². The van der Waals surface area contributed by atoms with E-state index in [0.29, 0.717) is 37.6 Å². The number of anilines is 2. The molecule has 4 rings (SSSR count). The molecule has 2 aromatic rings. The van der Waals surface area contributed by atoms with E-state index in [1.165, 1.54) is 18.2 Å². The van der Waals surface area contributed by atoms with Gasteiger partial charge >= 0.3 is 6.03 Å². The number of aromatic nitrogens is 2. The number of halogens is 2. The number of morpholine rings is 1. The zero-order valence-corrected chi connectivity index (χ0v) is 15.9. The summed E-state index contributed by atoms with van der Waals surface area (Å²) in [6.07, 6.45) is 1.66. The summed E-state index contributed by atoms with van der Waals surface area (Å²) in [6, 6.07) is 3.58. The summed E-state index contributed by atoms with van der Waals surface area (Å²) < 4.78 is 20.3. The van der Waals surface area contributed by atoms with E-state index in [1.807, 2.05) is 11.6 Å². The molecular weight excluding hydrogens is 389 g/mol. The first-order valence-electron chi connectivity index (χ1n) is 8.89. The number of carbonyl (C=O) groups is 2. The second-order valence-electron chi connectivity index (χ2n) is 6.79. The van der Waals surface area contributed by atoms with Gasteiger partial charge in [0.2, 0.25) is 0 Å². The third-order valence-corrected chi connectivity index (χ3v) is 5.21. The van der Waals surface area contributed by atoms with Crippen LogP contribution in [0.3, 0.4) is 0 Å². The third-order valence-electron chi connectivity index (χ3n) is 4.92. The van der Waals surface area contributed by atoms with Gasteiger partial charge in [0.25, 0.3) is 5.91 Å². The van der Waals surface area contributed by atoms with Crippen molar-refractivity contribution >= 4 is 34.9 Å². The highest BCUT2D eigenvalue weighted by atomic mass is 35.5. The first-order valence-corrected chi connectivity index (χ1v) is 9.27. The van der Waals surface area contributed by atoms with Gasteiger partial charge in [0.15, 0.2) is 0 Å². The lowest BCUT2D eigenvalue weighted by Gasteiger charge is -2.35. The van der Waals surface area contributed by atoms with Crippen molar-refractivity contribution in [3.05, 3.63) is 40.9 Å². The smallest absolute Gasteiger partial charge is 0.322 e. The van der Waals surface area contributed by atoms with E-state index in [2.05, 4.69) is 10.4 Å². The van der Waals surface area contributed by atoms with E-state index >= 15 is 0 Å². The first kappa shape index (κ1) is 18.7. The van der Waals surface area contributed by atoms with Gasteiger partial charge in [0, 0.05) is 12.2 Å². The van der Waals surface area contributed by atoms with Crippen molar-refractivity contribution < 1.29 is 18.7 Å². The maximum Gasteiger partial charge on any atom is 0.322 e. The molecule has 28 heavy (non-hydrogen) atoms. The fraction of sp³-hybridized carbons (Fsp3) is 0.389. The number of carbonyl (C=O) groups excluding carboxylic acids is 2. The van der Waals surface area contributed by atoms with Gasteiger partial charge in [-0.25, -0.2) is 9.18 Å². The number of hydrogen-bond donors (Lipinski definition) is 1. The molecule has 8 nitrogen and oxygen atoms in total. The second kappa shape index (κ2) is 7.40. The van der Waals surface area contributed by atoms with Crippen molar-refractivity contribution in [2.24, 2.45) is 0 Å². The normalized spacial score (nSPS) is 19.5. The van der Waals surface area contributed by atoms with E-state index in [4.69, 9.17) is 16.3 Å². The number of amides is 3. The van der Waals surface area contributed by atoms with Crippen molar-refractivity contribution in [1.82, 2.24) is 14.7 Å². The fourth-order valence-corrected chi connectivity index (χ4v) is 3.61. The molecule has 0 aliphatic carbocycles. The summed E-state index contributed by atoms with van der Waals surface area (Å²) in [4.78, 5) is 28.3. The van der Waals surface area contributed by atoms with Gasteiger partial charge in [0.1, 0.15) is 12.4 Å². The number of urea groups is 1. The van der Waals surface area contributed by atoms with Crippen molar-refractivity contribution in [1.29, 1.82) is 0 Å². The SMILES string of the molecule is C[C@H]1Cn2ncc(N3CCOCC3=O)c2CN1C(=O)Nc1ccc(F)c(Cl)c1. The number of benzene rings is 1. The van der Waals surface area contributed by atoms with Crippen LogP contribution in [-0.4, -0.2) is 52.4 Å². The Labute approximate surface area is 165 Å². The predicted molar refractivity (Wildman–Crippen MR) is 101 cm³/mol. The van der Waals surface area contributed by atoms with Crippen LogP contribution in [0.2, 0.25) is 5.02 Å². The molecule has 1 aromatic carbocycles. The molecule has 0 spiro atoms. The van der Waals surface area contributed by atoms with Gasteiger partial charge in [-0.2, -0.15) is 5.10 Å². The Morgan fingerprint density at radius 1 is 1.43 bits per heavy atom. The Morgan fingerprint density at radius 2 is 2.25 bits per heavy atom. The summed E-state index contributed by atoms with van der Waals surface area (Å²) in [5.41, 5.74) is 1.90. The van der Waals surface area contributed by atoms with Gasteiger partial charge in [-0.15, -0.1) is 0 Å². The van der Waals surface area contributed by atoms with E-state index in [0.717, 1.165) is 5.69 Å². The molecule has 0 saturated carbocycles. The molecule has 1 aromatic heterocycles. The molecule has 1 saturated heterocycles. The quantitative estimate of drug-likeness (QED) is 0.829. The Kier molecular flexibility index (Phi) is 4.94. The highest BCUT2D eigenvalue weighted by Crippen LogP contribution is 2.28. The number of hydrogen-bond acceptors (Lipinski definition) is 4. The standard InChI is InChI=1S/C18H19ClFN5O3/c1-11-8-25-16(15(7-21-25)23-4-5-28-10-17(23)26)9-24(11)18(27)22-12-2-3-14(20)13(19)6-12/h2-3,6-7,11H,4-5,8-10H2,1H3,(H,22,27)/t11-/m0/s1. The van der Waals surface area contributed by atoms with E-state index in [9.17, 15) is 14.0 Å². The monoisotopic (exact) mass is 407 g/mol. The molecule has 1 fully saturated rings. The van der Waals surface area contributed by atoms with E-state index in [1.54, 1.807) is 16.0 Å². The van der Waals surface area contributed by atoms with Crippen LogP contribution in [0.25, 0.3) is 0 Å². The number of nitrogens with zero attached hydrogens (tertiary/aromatic N) is 4. The minimum atomic E-state index is -0.547. The summed E-state index contributed by atoms with van der Waals surface area (Å²) in [5.74, 6) is -0.674. The van der Waals surface area contributed by atoms with Gasteiger partial charge in [0.05, 0.1) is 48.3 Å². The Bertz CT molecular complexity index is 934. The van der Waals surface area contributed by atoms with Crippen molar-refractivity contribution in [2.45, 2.75) is 26.1 Å². The molecule has 3 amide bonds. The first-order chi connectivity index (χ1) is 13.4. The maximum atomic E-state index is 13.3. The Morgan fingerprint density at radius 3 is 3.00 bits per heavy atom. The van der Waals surface area contributed by atoms with Crippen LogP contribution >= 0.6 is 11.6 Å². The number of nitrogens with one attached hydrogen (secondary N) is 1. The minimum absolute atomic E-state index is 0.0382. The molecule has 2 aliphatic rings. The van der Waals surface area contributed by atoms with Crippen LogP contribution in [0.5, 0.6) is 0 Å². The molecule has 0 unspecified atom stereocenters. The zero-order valence-electron chi connectivity index (χ0n) is 15.2. The molecule has 10 heteroatoms. The maximum absolute atomic E-state index is 13.3. The van der Waals surface area contributed by atoms with Gasteiger partial charge in [-0.1, -0.05) is 11.6 Å². The van der Waals surface area contributed by atoms with Crippen molar-refractivity contribution in [3.8, 4) is 0 Å². The number of fused-ring (bicyclic) bond motifs is 1. The minimum Gasteiger partial charge on any atom is -0.370 e. The number of ether oxygens (including phenoxy) is 1. The molecule has 1 N–H and O–H groups in total. The highest BCUT2D eigenvalue weighted by molar-refractivity contribution is 6.31. The summed E-state index contributed by atoms with van der Waals surface area (Å²) >= 11 is 5.79. The molecule has 148 valence electrons. The molecule has 0 bridgehead atoms. The van der Waals surface area contributed by atoms with Crippen LogP contribution in [0.15, 0.2) is 24.4 Å². The number of rotatable bonds is 2. The lowest BCUT2D eigenvalue weighted by Crippen LogP contribution is -2.48. The van der Waals surface area contributed by atoms with Gasteiger partial charge < -0.3 is 19.9 Å². The molecule has 0 radical (unpaired) electrons. The van der Waals surface area contributed by atoms with E-state index in [-0.39, 0.29) is 29.6 Å². The molecule has 1 atom stereocenters. The predicted octanol–water partition coefficient (Wildman–Crippen LogP) is 2.48. The van der Waals surface area contributed by atoms with Crippen LogP contribution in [-0.2, 0) is 22.6 Å². The lowest BCUT2D eigenvalue weighted by atomic mass is 10.2. The molecule has 3 heterocycles. The average Bonchev–Trinajstić information content (AvgIpc) is 3.07. The Balaban J connectivity index is 1.55. The lowest BCUT2D eigenvalue weighted by molar-refractivity contribution is -0.125. The molecular formula is C18H19ClFN5O3. The van der Waals surface area contributed by atoms with Crippen LogP contribution < -0.4 is 10.2 Å². The van der Waals surface area contributed by atoms with Crippen LogP contribution in [0, 0.1) is 5.82 Å². The highest BCUT2D eigenvalue weighted by Gasteiger charge is 2.33. The Hall–Kier alpha value is -2.65. The summed E-state index contributed by atoms with van der Waals surface area (Å²) in [6.45, 7) is 3.67. The van der Waals surface area contributed by atoms with Crippen molar-refractivity contribution in [2.75, 3.05) is 30.0 Å². The van der Waals surface area contributed by atoms with Gasteiger partial charge in [-0.05, 0) is 25.1 Å². The van der Waals surface area contributed by atoms with Crippen LogP contribution in [0.1, 0.15) is 12.6 Å². The molecule has 2 aliphatic heterocycles. The zero-order chi connectivity index (χ0) is 19.8. The van der Waals surface area contributed by atoms with Crippen LogP contribution in [0.4, 0.5) is 20.6 Å². The summed E-state index contributed by atoms with van der Waals surface area (Å²) in [7, 11) is 0. The fourth-order valence-electron chi connectivity index (χ4n) is 3.43. The van der Waals surface area contributed by atoms with Crippen molar-refractivity contribution in [3.63, 3.8) is 0 Å². The largest absolute Gasteiger partial charge is 0.370 e. The third kappa shape index (κ3) is 3.43. The average molecular weight is 408 g/mol. The second-order valence-corrected chi connectivity index (χ2v) is 7.20. The summed E-state index contributed by atoms with van der Waals surface area (Å²) in [5, 5.41) is 7.07. The van der Waals surface area contributed by atoms with Gasteiger partial charge in [-0.3, -0.25) is 9.48 Å². The topological polar surface area (TPSA) is 79.7 Å².